The SMILES string of the molecule is C=Cc1nc(Cl)c(CC)cc1F.CCc1cc(F)c(Cl)nc1Cl. The van der Waals surface area contributed by atoms with E-state index in [4.69, 9.17) is 34.8 Å². The maximum Gasteiger partial charge on any atom is 0.166 e. The van der Waals surface area contributed by atoms with E-state index in [0.717, 1.165) is 5.56 Å². The molecule has 2 rings (SSSR count). The first-order chi connectivity index (χ1) is 10.8. The lowest BCUT2D eigenvalue weighted by atomic mass is 10.2. The third-order valence-electron chi connectivity index (χ3n) is 2.94. The lowest BCUT2D eigenvalue weighted by Gasteiger charge is -2.02. The van der Waals surface area contributed by atoms with Crippen LogP contribution >= 0.6 is 34.8 Å². The number of hydrogen-bond acceptors (Lipinski definition) is 2. The molecule has 0 spiro atoms. The van der Waals surface area contributed by atoms with E-state index in [2.05, 4.69) is 16.5 Å². The summed E-state index contributed by atoms with van der Waals surface area (Å²) >= 11 is 16.8. The normalized spacial score (nSPS) is 10.0. The number of halogens is 5. The fourth-order valence-corrected chi connectivity index (χ4v) is 2.37. The van der Waals surface area contributed by atoms with Gasteiger partial charge in [0.15, 0.2) is 11.0 Å². The summed E-state index contributed by atoms with van der Waals surface area (Å²) in [5, 5.41) is 0.458. The molecule has 0 N–H and O–H groups in total. The highest BCUT2D eigenvalue weighted by Crippen LogP contribution is 2.20. The summed E-state index contributed by atoms with van der Waals surface area (Å²) in [6.45, 7) is 7.20. The zero-order valence-corrected chi connectivity index (χ0v) is 14.9. The highest BCUT2D eigenvalue weighted by atomic mass is 35.5. The van der Waals surface area contributed by atoms with Crippen LogP contribution in [0.15, 0.2) is 18.7 Å². The molecule has 0 aliphatic heterocycles. The molecule has 0 unspecified atom stereocenters. The second-order valence-corrected chi connectivity index (χ2v) is 5.50. The Hall–Kier alpha value is -1.23. The lowest BCUT2D eigenvalue weighted by molar-refractivity contribution is 0.615. The molecular weight excluding hydrogens is 365 g/mol. The second-order valence-electron chi connectivity index (χ2n) is 4.43. The number of aromatic nitrogens is 2. The standard InChI is InChI=1S/C9H9ClFN.C7H6Cl2FN/c1-3-6-5-7(11)8(4-2)12-9(6)10;1-2-4-3-5(10)7(9)11-6(4)8/h4-5H,2-3H2,1H3;3H,2H2,1H3. The molecule has 0 amide bonds. The zero-order chi connectivity index (χ0) is 17.6. The van der Waals surface area contributed by atoms with E-state index in [0.29, 0.717) is 23.6 Å². The summed E-state index contributed by atoms with van der Waals surface area (Å²) in [7, 11) is 0. The van der Waals surface area contributed by atoms with Crippen LogP contribution < -0.4 is 0 Å². The van der Waals surface area contributed by atoms with Crippen LogP contribution in [-0.2, 0) is 12.8 Å². The van der Waals surface area contributed by atoms with Gasteiger partial charge in [0, 0.05) is 0 Å². The van der Waals surface area contributed by atoms with Crippen LogP contribution in [0.4, 0.5) is 8.78 Å². The van der Waals surface area contributed by atoms with Crippen molar-refractivity contribution in [1.29, 1.82) is 0 Å². The number of rotatable bonds is 3. The van der Waals surface area contributed by atoms with Gasteiger partial charge in [-0.25, -0.2) is 18.7 Å². The molecule has 0 aliphatic rings. The number of aryl methyl sites for hydroxylation is 2. The van der Waals surface area contributed by atoms with Gasteiger partial charge in [-0.15, -0.1) is 0 Å². The molecule has 0 saturated carbocycles. The molecule has 2 heterocycles. The molecule has 2 nitrogen and oxygen atoms in total. The van der Waals surface area contributed by atoms with Crippen molar-refractivity contribution in [3.63, 3.8) is 0 Å². The van der Waals surface area contributed by atoms with Gasteiger partial charge < -0.3 is 0 Å². The predicted octanol–water partition coefficient (Wildman–Crippen LogP) is 6.17. The summed E-state index contributed by atoms with van der Waals surface area (Å²) < 4.78 is 25.7. The number of pyridine rings is 2. The van der Waals surface area contributed by atoms with Gasteiger partial charge in [0.05, 0.1) is 5.69 Å². The Labute approximate surface area is 149 Å². The molecule has 0 aromatic carbocycles. The molecule has 2 aromatic rings. The molecule has 0 saturated heterocycles. The van der Waals surface area contributed by atoms with Crippen LogP contribution in [0.2, 0.25) is 15.5 Å². The first-order valence-electron chi connectivity index (χ1n) is 6.81. The monoisotopic (exact) mass is 378 g/mol. The van der Waals surface area contributed by atoms with Crippen LogP contribution in [-0.4, -0.2) is 9.97 Å². The van der Waals surface area contributed by atoms with Gasteiger partial charge >= 0.3 is 0 Å². The number of hydrogen-bond donors (Lipinski definition) is 0. The summed E-state index contributed by atoms with van der Waals surface area (Å²) in [4.78, 5) is 7.43. The molecule has 7 heteroatoms. The highest BCUT2D eigenvalue weighted by molar-refractivity contribution is 6.33. The summed E-state index contributed by atoms with van der Waals surface area (Å²) in [6, 6.07) is 2.70. The van der Waals surface area contributed by atoms with Gasteiger partial charge in [-0.3, -0.25) is 0 Å². The Morgan fingerprint density at radius 3 is 1.87 bits per heavy atom. The van der Waals surface area contributed by atoms with E-state index in [-0.39, 0.29) is 21.8 Å². The van der Waals surface area contributed by atoms with Crippen molar-refractivity contribution < 1.29 is 8.78 Å². The Bertz CT molecular complexity index is 706. The van der Waals surface area contributed by atoms with E-state index in [1.807, 2.05) is 13.8 Å². The van der Waals surface area contributed by atoms with Crippen LogP contribution in [0.25, 0.3) is 6.08 Å². The summed E-state index contributed by atoms with van der Waals surface area (Å²) in [5.74, 6) is -0.890. The molecule has 0 radical (unpaired) electrons. The first kappa shape index (κ1) is 19.8. The molecule has 0 bridgehead atoms. The van der Waals surface area contributed by atoms with Gasteiger partial charge in [-0.05, 0) is 42.2 Å². The molecule has 2 aromatic heterocycles. The minimum absolute atomic E-state index is 0.174. The maximum atomic E-state index is 13.0. The summed E-state index contributed by atoms with van der Waals surface area (Å²) in [6.07, 6.45) is 2.68. The third kappa shape index (κ3) is 5.41. The fourth-order valence-electron chi connectivity index (χ4n) is 1.64. The zero-order valence-electron chi connectivity index (χ0n) is 12.6. The van der Waals surface area contributed by atoms with E-state index in [9.17, 15) is 8.78 Å². The molecule has 0 fully saturated rings. The molecule has 0 aliphatic carbocycles. The smallest absolute Gasteiger partial charge is 0.166 e. The van der Waals surface area contributed by atoms with E-state index < -0.39 is 5.82 Å². The van der Waals surface area contributed by atoms with Gasteiger partial charge in [0.25, 0.3) is 0 Å². The van der Waals surface area contributed by atoms with Gasteiger partial charge in [0.1, 0.15) is 16.1 Å². The van der Waals surface area contributed by atoms with E-state index in [1.54, 1.807) is 0 Å². The van der Waals surface area contributed by atoms with Crippen molar-refractivity contribution in [3.05, 3.63) is 62.6 Å². The molecule has 23 heavy (non-hydrogen) atoms. The molecule has 0 atom stereocenters. The average Bonchev–Trinajstić information content (AvgIpc) is 2.53. The van der Waals surface area contributed by atoms with Crippen LogP contribution in [0.3, 0.4) is 0 Å². The van der Waals surface area contributed by atoms with Gasteiger partial charge in [-0.2, -0.15) is 0 Å². The maximum absolute atomic E-state index is 13.0. The molecule has 124 valence electrons. The Kier molecular flexibility index (Phi) is 7.89. The van der Waals surface area contributed by atoms with Crippen molar-refractivity contribution in [2.45, 2.75) is 26.7 Å². The largest absolute Gasteiger partial charge is 0.233 e. The topological polar surface area (TPSA) is 25.8 Å². The van der Waals surface area contributed by atoms with Crippen molar-refractivity contribution in [2.24, 2.45) is 0 Å². The Morgan fingerprint density at radius 2 is 1.39 bits per heavy atom. The summed E-state index contributed by atoms with van der Waals surface area (Å²) in [5.41, 5.74) is 1.60. The van der Waals surface area contributed by atoms with Crippen LogP contribution in [0.1, 0.15) is 30.7 Å². The van der Waals surface area contributed by atoms with E-state index in [1.165, 1.54) is 18.2 Å². The van der Waals surface area contributed by atoms with Crippen molar-refractivity contribution in [2.75, 3.05) is 0 Å². The minimum atomic E-state index is -0.520. The average molecular weight is 380 g/mol. The van der Waals surface area contributed by atoms with Gasteiger partial charge in [0.2, 0.25) is 0 Å². The van der Waals surface area contributed by atoms with Crippen molar-refractivity contribution >= 4 is 40.9 Å². The van der Waals surface area contributed by atoms with Crippen molar-refractivity contribution in [1.82, 2.24) is 9.97 Å². The lowest BCUT2D eigenvalue weighted by Crippen LogP contribution is -1.93. The van der Waals surface area contributed by atoms with E-state index >= 15 is 0 Å². The first-order valence-corrected chi connectivity index (χ1v) is 7.95. The minimum Gasteiger partial charge on any atom is -0.233 e. The quantitative estimate of drug-likeness (QED) is 0.596. The predicted molar refractivity (Wildman–Crippen MR) is 92.3 cm³/mol. The van der Waals surface area contributed by atoms with Crippen LogP contribution in [0, 0.1) is 11.6 Å². The van der Waals surface area contributed by atoms with Crippen molar-refractivity contribution in [3.8, 4) is 0 Å². The fraction of sp³-hybridized carbons (Fsp3) is 0.250. The van der Waals surface area contributed by atoms with Crippen LogP contribution in [0.5, 0.6) is 0 Å². The Morgan fingerprint density at radius 1 is 0.913 bits per heavy atom. The second kappa shape index (κ2) is 9.16. The number of nitrogens with zero attached hydrogens (tertiary/aromatic N) is 2. The van der Waals surface area contributed by atoms with Gasteiger partial charge in [-0.1, -0.05) is 55.2 Å². The highest BCUT2D eigenvalue weighted by Gasteiger charge is 2.06. The Balaban J connectivity index is 0.000000231. The molecular formula is C16H15Cl3F2N2. The third-order valence-corrected chi connectivity index (χ3v) is 3.86.